The van der Waals surface area contributed by atoms with E-state index in [-0.39, 0.29) is 81.5 Å². The van der Waals surface area contributed by atoms with Gasteiger partial charge in [-0.2, -0.15) is 13.2 Å². The van der Waals surface area contributed by atoms with Crippen molar-refractivity contribution in [2.75, 3.05) is 62.4 Å². The molecule has 2 saturated carbocycles. The second-order valence-electron chi connectivity index (χ2n) is 27.2. The smallest absolute Gasteiger partial charge is 0.343 e. The molecule has 508 valence electrons. The minimum Gasteiger partial charge on any atom is -0.343 e. The summed E-state index contributed by atoms with van der Waals surface area (Å²) in [7, 11) is 9.89. The van der Waals surface area contributed by atoms with Crippen molar-refractivity contribution in [3.05, 3.63) is 0 Å². The van der Waals surface area contributed by atoms with Crippen LogP contribution in [-0.2, 0) is 52.7 Å². The Bertz CT molecular complexity index is 2480. The summed E-state index contributed by atoms with van der Waals surface area (Å²) in [4.78, 5) is 167. The van der Waals surface area contributed by atoms with Crippen LogP contribution in [0.25, 0.3) is 0 Å². The lowest BCUT2D eigenvalue weighted by Crippen LogP contribution is -2.63. The number of carbonyl (C=O) groups is 11. The van der Waals surface area contributed by atoms with Gasteiger partial charge < -0.3 is 55.6 Å². The highest BCUT2D eigenvalue weighted by Crippen LogP contribution is 2.43. The van der Waals surface area contributed by atoms with E-state index in [0.29, 0.717) is 6.42 Å². The van der Waals surface area contributed by atoms with Gasteiger partial charge in [-0.25, -0.2) is 0 Å². The number of rotatable bonds is 11. The molecule has 0 aromatic rings. The van der Waals surface area contributed by atoms with Crippen molar-refractivity contribution < 1.29 is 65.9 Å². The second-order valence-corrected chi connectivity index (χ2v) is 27.7. The molecular weight excluding hydrogens is 1180 g/mol. The van der Waals surface area contributed by atoms with Gasteiger partial charge in [0, 0.05) is 67.2 Å². The third kappa shape index (κ3) is 21.7. The second kappa shape index (κ2) is 34.1. The first kappa shape index (κ1) is 77.5. The summed E-state index contributed by atoms with van der Waals surface area (Å²) in [5.74, 6) is -10.1. The number of likely N-dealkylation sites (N-methyl/N-ethyl adjacent to an activating group) is 7. The van der Waals surface area contributed by atoms with Crippen molar-refractivity contribution in [2.45, 2.75) is 238 Å². The molecular formula is C63H107ClF3N11O11. The standard InChI is InChI=1S/C63H107ClF3N11O11/c1-19-38(6)53-60(88)73(13)34-51(80)72(12)35-52(81)77(17)49(33-42-23-21-20-22-24-42)59(87)76(16)41(9)54(82)68-46(28-26-43-25-27-44(45(64)32-43)63(65,66)67)56(84)69-48(30-37(4)5)58(86)78(18)62(10,11)61(89)70-47(29-36(2)3)57(85)74(14)39(7)31-50(79)75(15)40(8)55(83)71-53/h36-49,53H,19-35H2,1-18H3,(H,68,82)(H,69,84)(H,70,89)(H,71,83)/t38-,39+,40-,41+,43?,44?,45?,46-,47-,48-,49-,53-/m0/s1. The molecule has 26 heteroatoms. The number of nitrogens with one attached hydrogen (secondary N) is 4. The molecule has 1 aliphatic heterocycles. The zero-order chi connectivity index (χ0) is 67.9. The van der Waals surface area contributed by atoms with E-state index >= 15 is 0 Å². The zero-order valence-electron chi connectivity index (χ0n) is 56.3. The van der Waals surface area contributed by atoms with Crippen LogP contribution in [0.15, 0.2) is 0 Å². The van der Waals surface area contributed by atoms with Gasteiger partial charge in [-0.1, -0.05) is 80.1 Å². The molecule has 3 rings (SSSR count). The summed E-state index contributed by atoms with van der Waals surface area (Å²) in [6.45, 7) is 17.4. The topological polar surface area (TPSA) is 259 Å². The van der Waals surface area contributed by atoms with Crippen LogP contribution in [0.5, 0.6) is 0 Å². The molecule has 0 aromatic heterocycles. The summed E-state index contributed by atoms with van der Waals surface area (Å²) in [6, 6.07) is -9.25. The number of amides is 11. The number of hydrogen-bond acceptors (Lipinski definition) is 11. The SMILES string of the molecule is CC[C@H](C)[C@@H]1NC(=O)[C@H](C)N(C)C(=O)C[C@@H](C)N(C)C(=O)[C@H](CC(C)C)NC(=O)C(C)(C)N(C)C(=O)[C@H](CC(C)C)NC(=O)[C@H](CCC2CCC(C(F)(F)F)C(Cl)C2)NC(=O)[C@@H](C)N(C)C(=O)[C@H](CC2CCCCC2)N(C)C(=O)CN(C)C(=O)CN(C)C1=O. The Hall–Kier alpha value is -5.75. The first-order valence-electron chi connectivity index (χ1n) is 31.9. The number of carbonyl (C=O) groups excluding carboxylic acids is 11. The van der Waals surface area contributed by atoms with Crippen molar-refractivity contribution in [3.8, 4) is 0 Å². The molecule has 1 heterocycles. The Balaban J connectivity index is 2.18. The van der Waals surface area contributed by atoms with Gasteiger partial charge in [-0.15, -0.1) is 11.6 Å². The third-order valence-electron chi connectivity index (χ3n) is 19.0. The van der Waals surface area contributed by atoms with Crippen LogP contribution in [0.1, 0.15) is 172 Å². The predicted molar refractivity (Wildman–Crippen MR) is 333 cm³/mol. The zero-order valence-corrected chi connectivity index (χ0v) is 57.1. The molecule has 11 amide bonds. The van der Waals surface area contributed by atoms with Crippen molar-refractivity contribution in [1.29, 1.82) is 0 Å². The molecule has 2 aliphatic carbocycles. The highest BCUT2D eigenvalue weighted by atomic mass is 35.5. The summed E-state index contributed by atoms with van der Waals surface area (Å²) in [5.41, 5.74) is -1.68. The maximum Gasteiger partial charge on any atom is 0.393 e. The first-order valence-corrected chi connectivity index (χ1v) is 32.4. The molecule has 12 atom stereocenters. The average Bonchev–Trinajstić information content (AvgIpc) is 1.49. The van der Waals surface area contributed by atoms with Crippen LogP contribution >= 0.6 is 11.6 Å². The molecule has 0 bridgehead atoms. The Morgan fingerprint density at radius 1 is 0.562 bits per heavy atom. The van der Waals surface area contributed by atoms with E-state index in [0.717, 1.165) is 46.8 Å². The van der Waals surface area contributed by atoms with E-state index < -0.39 is 155 Å². The van der Waals surface area contributed by atoms with E-state index in [1.165, 1.54) is 96.6 Å². The normalized spacial score (nSPS) is 29.6. The number of alkyl halides is 4. The van der Waals surface area contributed by atoms with Crippen LogP contribution in [0.4, 0.5) is 13.2 Å². The van der Waals surface area contributed by atoms with Crippen molar-refractivity contribution in [3.63, 3.8) is 0 Å². The van der Waals surface area contributed by atoms with Gasteiger partial charge in [0.05, 0.1) is 19.0 Å². The van der Waals surface area contributed by atoms with E-state index in [4.69, 9.17) is 11.6 Å². The molecule has 3 fully saturated rings. The maximum atomic E-state index is 14.9. The van der Waals surface area contributed by atoms with Crippen molar-refractivity contribution in [2.24, 2.45) is 35.5 Å². The molecule has 1 saturated heterocycles. The van der Waals surface area contributed by atoms with Crippen LogP contribution in [0.2, 0.25) is 0 Å². The van der Waals surface area contributed by atoms with Gasteiger partial charge in [-0.3, -0.25) is 52.7 Å². The van der Waals surface area contributed by atoms with Gasteiger partial charge in [-0.05, 0) is 116 Å². The lowest BCUT2D eigenvalue weighted by molar-refractivity contribution is -0.182. The molecule has 4 N–H and O–H groups in total. The fraction of sp³-hybridized carbons (Fsp3) is 0.825. The van der Waals surface area contributed by atoms with Crippen molar-refractivity contribution in [1.82, 2.24) is 55.6 Å². The van der Waals surface area contributed by atoms with Gasteiger partial charge >= 0.3 is 6.18 Å². The maximum absolute atomic E-state index is 14.9. The third-order valence-corrected chi connectivity index (χ3v) is 19.5. The first-order chi connectivity index (χ1) is 41.2. The highest BCUT2D eigenvalue weighted by Gasteiger charge is 2.48. The van der Waals surface area contributed by atoms with E-state index in [9.17, 15) is 65.9 Å². The Labute approximate surface area is 531 Å². The van der Waals surface area contributed by atoms with Crippen LogP contribution in [-0.4, -0.2) is 227 Å². The largest absolute Gasteiger partial charge is 0.393 e. The lowest BCUT2D eigenvalue weighted by Gasteiger charge is -2.39. The van der Waals surface area contributed by atoms with Gasteiger partial charge in [0.2, 0.25) is 65.0 Å². The number of halogens is 4. The molecule has 0 aromatic carbocycles. The fourth-order valence-electron chi connectivity index (χ4n) is 11.8. The molecule has 0 spiro atoms. The minimum atomic E-state index is -4.51. The highest BCUT2D eigenvalue weighted by molar-refractivity contribution is 6.20. The summed E-state index contributed by atoms with van der Waals surface area (Å²) >= 11 is 6.35. The Morgan fingerprint density at radius 3 is 1.63 bits per heavy atom. The van der Waals surface area contributed by atoms with E-state index in [1.807, 2.05) is 34.6 Å². The van der Waals surface area contributed by atoms with Gasteiger partial charge in [0.15, 0.2) is 0 Å². The van der Waals surface area contributed by atoms with Crippen LogP contribution < -0.4 is 21.3 Å². The van der Waals surface area contributed by atoms with Crippen LogP contribution in [0, 0.1) is 35.5 Å². The summed E-state index contributed by atoms with van der Waals surface area (Å²) < 4.78 is 41.7. The van der Waals surface area contributed by atoms with Crippen LogP contribution in [0.3, 0.4) is 0 Å². The summed E-state index contributed by atoms with van der Waals surface area (Å²) in [5, 5.41) is 10.00. The number of nitrogens with zero attached hydrogens (tertiary/aromatic N) is 7. The summed E-state index contributed by atoms with van der Waals surface area (Å²) in [6.07, 6.45) is 0.457. The Morgan fingerprint density at radius 2 is 1.09 bits per heavy atom. The molecule has 3 aliphatic rings. The molecule has 22 nitrogen and oxygen atoms in total. The van der Waals surface area contributed by atoms with E-state index in [1.54, 1.807) is 13.8 Å². The quantitative estimate of drug-likeness (QED) is 0.192. The van der Waals surface area contributed by atoms with Gasteiger partial charge in [0.25, 0.3) is 0 Å². The number of hydrogen-bond donors (Lipinski definition) is 4. The van der Waals surface area contributed by atoms with Gasteiger partial charge in [0.1, 0.15) is 47.8 Å². The average molecular weight is 1290 g/mol. The molecule has 0 radical (unpaired) electrons. The van der Waals surface area contributed by atoms with E-state index in [2.05, 4.69) is 21.3 Å². The minimum absolute atomic E-state index is 0.0113. The molecule has 3 unspecified atom stereocenters. The van der Waals surface area contributed by atoms with Crippen molar-refractivity contribution >= 4 is 76.6 Å². The lowest BCUT2D eigenvalue weighted by atomic mass is 9.78. The Kier molecular flexibility index (Phi) is 29.7. The predicted octanol–water partition coefficient (Wildman–Crippen LogP) is 5.33. The monoisotopic (exact) mass is 1290 g/mol. The fourth-order valence-corrected chi connectivity index (χ4v) is 12.3. The molecule has 89 heavy (non-hydrogen) atoms.